The van der Waals surface area contributed by atoms with E-state index in [1.807, 2.05) is 36.4 Å². The molecule has 0 unspecified atom stereocenters. The molecule has 0 bridgehead atoms. The molecular weight excluding hydrogens is 362 g/mol. The molecule has 2 aromatic rings. The first kappa shape index (κ1) is 19.1. The number of nitriles is 1. The Morgan fingerprint density at radius 3 is 2.48 bits per heavy atom. The van der Waals surface area contributed by atoms with Gasteiger partial charge in [0.15, 0.2) is 0 Å². The minimum atomic E-state index is -3.48. The van der Waals surface area contributed by atoms with Gasteiger partial charge in [-0.3, -0.25) is 0 Å². The third kappa shape index (κ3) is 5.91. The molecule has 1 saturated carbocycles. The Balaban J connectivity index is 1.48. The number of hydrogen-bond acceptors (Lipinski definition) is 5. The largest absolute Gasteiger partial charge is 0.474 e. The SMILES string of the molecule is N#Cc1ccc(OC2CCC(NS(=O)(=O)/C=C/c3ccccc3)CC2)nc1. The quantitative estimate of drug-likeness (QED) is 0.827. The van der Waals surface area contributed by atoms with Gasteiger partial charge in [0.2, 0.25) is 15.9 Å². The zero-order chi connectivity index (χ0) is 19.1. The standard InChI is InChI=1S/C20H21N3O3S/c21-14-17-6-11-20(22-15-17)26-19-9-7-18(8-10-19)23-27(24,25)13-12-16-4-2-1-3-5-16/h1-6,11-13,15,18-19,23H,7-10H2/b13-12+. The van der Waals surface area contributed by atoms with Crippen LogP contribution in [0.2, 0.25) is 0 Å². The summed E-state index contributed by atoms with van der Waals surface area (Å²) in [6.07, 6.45) is 5.99. The van der Waals surface area contributed by atoms with E-state index in [-0.39, 0.29) is 12.1 Å². The smallest absolute Gasteiger partial charge is 0.233 e. The first-order valence-electron chi connectivity index (χ1n) is 8.82. The van der Waals surface area contributed by atoms with E-state index in [0.29, 0.717) is 24.3 Å². The fourth-order valence-corrected chi connectivity index (χ4v) is 4.10. The van der Waals surface area contributed by atoms with Crippen molar-refractivity contribution in [2.45, 2.75) is 37.8 Å². The van der Waals surface area contributed by atoms with Gasteiger partial charge >= 0.3 is 0 Å². The molecule has 0 saturated heterocycles. The second-order valence-electron chi connectivity index (χ2n) is 6.46. The lowest BCUT2D eigenvalue weighted by Crippen LogP contribution is -2.38. The molecule has 1 N–H and O–H groups in total. The van der Waals surface area contributed by atoms with Gasteiger partial charge in [-0.15, -0.1) is 0 Å². The van der Waals surface area contributed by atoms with Crippen molar-refractivity contribution in [3.05, 3.63) is 65.2 Å². The number of benzene rings is 1. The van der Waals surface area contributed by atoms with Crippen molar-refractivity contribution in [3.8, 4) is 11.9 Å². The second-order valence-corrected chi connectivity index (χ2v) is 8.06. The van der Waals surface area contributed by atoms with Gasteiger partial charge in [0.1, 0.15) is 12.2 Å². The summed E-state index contributed by atoms with van der Waals surface area (Å²) in [5.41, 5.74) is 1.33. The summed E-state index contributed by atoms with van der Waals surface area (Å²) in [7, 11) is -3.48. The fourth-order valence-electron chi connectivity index (χ4n) is 2.99. The van der Waals surface area contributed by atoms with Gasteiger partial charge in [0.05, 0.1) is 5.56 Å². The van der Waals surface area contributed by atoms with E-state index in [1.54, 1.807) is 18.2 Å². The Bertz CT molecular complexity index is 911. The summed E-state index contributed by atoms with van der Waals surface area (Å²) in [5, 5.41) is 10.00. The molecule has 0 spiro atoms. The van der Waals surface area contributed by atoms with Crippen LogP contribution in [0.3, 0.4) is 0 Å². The summed E-state index contributed by atoms with van der Waals surface area (Å²) < 4.78 is 33.0. The third-order valence-corrected chi connectivity index (χ3v) is 5.55. The Hall–Kier alpha value is -2.69. The van der Waals surface area contributed by atoms with Crippen LogP contribution >= 0.6 is 0 Å². The van der Waals surface area contributed by atoms with E-state index in [4.69, 9.17) is 10.00 Å². The van der Waals surface area contributed by atoms with Gasteiger partial charge in [-0.25, -0.2) is 18.1 Å². The van der Waals surface area contributed by atoms with Crippen LogP contribution in [0, 0.1) is 11.3 Å². The zero-order valence-electron chi connectivity index (χ0n) is 14.8. The minimum absolute atomic E-state index is 0.00560. The van der Waals surface area contributed by atoms with Crippen LogP contribution in [0.5, 0.6) is 5.88 Å². The van der Waals surface area contributed by atoms with E-state index >= 15 is 0 Å². The highest BCUT2D eigenvalue weighted by Crippen LogP contribution is 2.23. The molecule has 0 radical (unpaired) electrons. The van der Waals surface area contributed by atoms with Gasteiger partial charge in [-0.1, -0.05) is 30.3 Å². The summed E-state index contributed by atoms with van der Waals surface area (Å²) in [6, 6.07) is 14.6. The molecule has 140 valence electrons. The van der Waals surface area contributed by atoms with Gasteiger partial charge in [-0.2, -0.15) is 5.26 Å². The molecule has 3 rings (SSSR count). The Morgan fingerprint density at radius 2 is 1.85 bits per heavy atom. The first-order valence-corrected chi connectivity index (χ1v) is 10.4. The Labute approximate surface area is 159 Å². The van der Waals surface area contributed by atoms with Crippen molar-refractivity contribution in [2.24, 2.45) is 0 Å². The van der Waals surface area contributed by atoms with Crippen LogP contribution in [0.1, 0.15) is 36.8 Å². The minimum Gasteiger partial charge on any atom is -0.474 e. The maximum Gasteiger partial charge on any atom is 0.233 e. The van der Waals surface area contributed by atoms with Gasteiger partial charge < -0.3 is 4.74 Å². The number of hydrogen-bond donors (Lipinski definition) is 1. The van der Waals surface area contributed by atoms with Crippen LogP contribution in [0.15, 0.2) is 54.1 Å². The highest BCUT2D eigenvalue weighted by molar-refractivity contribution is 7.92. The summed E-state index contributed by atoms with van der Waals surface area (Å²) in [6.45, 7) is 0. The number of pyridine rings is 1. The lowest BCUT2D eigenvalue weighted by atomic mass is 9.94. The molecular formula is C20H21N3O3S. The maximum atomic E-state index is 12.2. The number of aromatic nitrogens is 1. The zero-order valence-corrected chi connectivity index (χ0v) is 15.6. The van der Waals surface area contributed by atoms with E-state index < -0.39 is 10.0 Å². The molecule has 1 heterocycles. The molecule has 1 aliphatic carbocycles. The van der Waals surface area contributed by atoms with Crippen molar-refractivity contribution < 1.29 is 13.2 Å². The van der Waals surface area contributed by atoms with Crippen LogP contribution in [-0.2, 0) is 10.0 Å². The highest BCUT2D eigenvalue weighted by atomic mass is 32.2. The summed E-state index contributed by atoms with van der Waals surface area (Å²) >= 11 is 0. The molecule has 1 fully saturated rings. The summed E-state index contributed by atoms with van der Waals surface area (Å²) in [5.74, 6) is 0.490. The third-order valence-electron chi connectivity index (χ3n) is 4.40. The number of ether oxygens (including phenoxy) is 1. The monoisotopic (exact) mass is 383 g/mol. The van der Waals surface area contributed by atoms with Crippen LogP contribution in [0.4, 0.5) is 0 Å². The Kier molecular flexibility index (Phi) is 6.22. The van der Waals surface area contributed by atoms with Crippen LogP contribution < -0.4 is 9.46 Å². The van der Waals surface area contributed by atoms with Crippen molar-refractivity contribution in [1.82, 2.24) is 9.71 Å². The molecule has 7 heteroatoms. The number of rotatable bonds is 6. The van der Waals surface area contributed by atoms with E-state index in [2.05, 4.69) is 9.71 Å². The molecule has 6 nitrogen and oxygen atoms in total. The van der Waals surface area contributed by atoms with E-state index in [9.17, 15) is 8.42 Å². The predicted octanol–water partition coefficient (Wildman–Crippen LogP) is 3.23. The predicted molar refractivity (Wildman–Crippen MR) is 103 cm³/mol. The fraction of sp³-hybridized carbons (Fsp3) is 0.300. The van der Waals surface area contributed by atoms with Gasteiger partial charge in [0, 0.05) is 23.7 Å². The molecule has 1 aromatic carbocycles. The van der Waals surface area contributed by atoms with Crippen molar-refractivity contribution in [2.75, 3.05) is 0 Å². The lowest BCUT2D eigenvalue weighted by molar-refractivity contribution is 0.138. The van der Waals surface area contributed by atoms with Gasteiger partial charge in [0.25, 0.3) is 0 Å². The van der Waals surface area contributed by atoms with Crippen molar-refractivity contribution >= 4 is 16.1 Å². The molecule has 1 aromatic heterocycles. The average molecular weight is 383 g/mol. The maximum absolute atomic E-state index is 12.2. The topological polar surface area (TPSA) is 92.1 Å². The highest BCUT2D eigenvalue weighted by Gasteiger charge is 2.25. The number of sulfonamides is 1. The van der Waals surface area contributed by atoms with Crippen LogP contribution in [-0.4, -0.2) is 25.5 Å². The number of nitrogens with zero attached hydrogens (tertiary/aromatic N) is 2. The van der Waals surface area contributed by atoms with E-state index in [1.165, 1.54) is 11.6 Å². The molecule has 0 amide bonds. The van der Waals surface area contributed by atoms with Crippen molar-refractivity contribution in [3.63, 3.8) is 0 Å². The Morgan fingerprint density at radius 1 is 1.11 bits per heavy atom. The lowest BCUT2D eigenvalue weighted by Gasteiger charge is -2.28. The normalized spacial score (nSPS) is 20.3. The summed E-state index contributed by atoms with van der Waals surface area (Å²) in [4.78, 5) is 4.11. The second kappa shape index (κ2) is 8.80. The van der Waals surface area contributed by atoms with Crippen molar-refractivity contribution in [1.29, 1.82) is 5.26 Å². The average Bonchev–Trinajstić information content (AvgIpc) is 2.69. The molecule has 27 heavy (non-hydrogen) atoms. The molecule has 0 atom stereocenters. The molecule has 0 aliphatic heterocycles. The molecule has 1 aliphatic rings. The first-order chi connectivity index (χ1) is 13.0. The number of nitrogens with one attached hydrogen (secondary N) is 1. The van der Waals surface area contributed by atoms with Crippen LogP contribution in [0.25, 0.3) is 6.08 Å². The van der Waals surface area contributed by atoms with Gasteiger partial charge in [-0.05, 0) is 43.4 Å². The van der Waals surface area contributed by atoms with E-state index in [0.717, 1.165) is 18.4 Å².